The molecule has 100 valence electrons. The summed E-state index contributed by atoms with van der Waals surface area (Å²) in [5.41, 5.74) is 6.05. The number of unbranched alkanes of at least 4 members (excludes halogenated alkanes) is 1. The number of hydrogen-bond donors (Lipinski definition) is 2. The van der Waals surface area contributed by atoms with Gasteiger partial charge in [-0.25, -0.2) is 0 Å². The molecule has 1 aliphatic rings. The lowest BCUT2D eigenvalue weighted by molar-refractivity contribution is 0.0630. The molecule has 1 fully saturated rings. The van der Waals surface area contributed by atoms with Gasteiger partial charge in [0.15, 0.2) is 0 Å². The minimum absolute atomic E-state index is 0.0501. The Hall–Kier alpha value is -1.40. The fourth-order valence-corrected chi connectivity index (χ4v) is 2.20. The molecule has 1 aliphatic heterocycles. The third-order valence-electron chi connectivity index (χ3n) is 3.32. The van der Waals surface area contributed by atoms with Gasteiger partial charge < -0.3 is 10.6 Å². The van der Waals surface area contributed by atoms with Gasteiger partial charge in [0.2, 0.25) is 0 Å². The van der Waals surface area contributed by atoms with Crippen LogP contribution in [0.25, 0.3) is 0 Å². The topological polar surface area (TPSA) is 78.2 Å². The predicted molar refractivity (Wildman–Crippen MR) is 69.2 cm³/mol. The summed E-state index contributed by atoms with van der Waals surface area (Å²) in [5, 5.41) is 6.53. The fraction of sp³-hybridized carbons (Fsp3) is 0.667. The van der Waals surface area contributed by atoms with Crippen LogP contribution in [0.2, 0.25) is 0 Å². The van der Waals surface area contributed by atoms with Gasteiger partial charge in [-0.3, -0.25) is 14.8 Å². The van der Waals surface area contributed by atoms with Crippen molar-refractivity contribution in [2.45, 2.75) is 12.8 Å². The van der Waals surface area contributed by atoms with Crippen molar-refractivity contribution in [3.63, 3.8) is 0 Å². The van der Waals surface area contributed by atoms with Crippen LogP contribution in [0.3, 0.4) is 0 Å². The zero-order valence-corrected chi connectivity index (χ0v) is 10.6. The number of piperazine rings is 1. The number of aromatic amines is 1. The number of nitrogens with one attached hydrogen (secondary N) is 1. The van der Waals surface area contributed by atoms with Gasteiger partial charge in [0.05, 0.1) is 0 Å². The molecule has 6 heteroatoms. The molecule has 0 bridgehead atoms. The highest BCUT2D eigenvalue weighted by Gasteiger charge is 2.22. The molecule has 0 aliphatic carbocycles. The lowest BCUT2D eigenvalue weighted by atomic mass is 10.2. The zero-order valence-electron chi connectivity index (χ0n) is 10.6. The van der Waals surface area contributed by atoms with E-state index >= 15 is 0 Å². The quantitative estimate of drug-likeness (QED) is 0.717. The van der Waals surface area contributed by atoms with Crippen molar-refractivity contribution >= 4 is 5.91 Å². The lowest BCUT2D eigenvalue weighted by Gasteiger charge is -2.34. The SMILES string of the molecule is NCCCCN1CCN(C(=O)c2ccn[nH]2)CC1. The van der Waals surface area contributed by atoms with E-state index in [1.165, 1.54) is 0 Å². The standard InChI is InChI=1S/C12H21N5O/c13-4-1-2-6-16-7-9-17(10-8-16)12(18)11-3-5-14-15-11/h3,5H,1-2,4,6-10,13H2,(H,14,15). The van der Waals surface area contributed by atoms with E-state index in [-0.39, 0.29) is 5.91 Å². The Labute approximate surface area is 107 Å². The third kappa shape index (κ3) is 3.30. The maximum absolute atomic E-state index is 12.0. The fourth-order valence-electron chi connectivity index (χ4n) is 2.20. The summed E-state index contributed by atoms with van der Waals surface area (Å²) in [6.45, 7) is 5.33. The Balaban J connectivity index is 1.75. The van der Waals surface area contributed by atoms with Gasteiger partial charge in [-0.05, 0) is 32.0 Å². The number of nitrogens with zero attached hydrogens (tertiary/aromatic N) is 3. The zero-order chi connectivity index (χ0) is 12.8. The molecule has 0 unspecified atom stereocenters. The second kappa shape index (κ2) is 6.51. The van der Waals surface area contributed by atoms with Crippen molar-refractivity contribution in [1.29, 1.82) is 0 Å². The highest BCUT2D eigenvalue weighted by molar-refractivity contribution is 5.92. The van der Waals surface area contributed by atoms with E-state index in [9.17, 15) is 4.79 Å². The van der Waals surface area contributed by atoms with E-state index in [4.69, 9.17) is 5.73 Å². The van der Waals surface area contributed by atoms with Gasteiger partial charge in [-0.15, -0.1) is 0 Å². The molecule has 0 radical (unpaired) electrons. The number of amides is 1. The Kier molecular flexibility index (Phi) is 4.72. The highest BCUT2D eigenvalue weighted by atomic mass is 16.2. The Bertz CT molecular complexity index is 357. The Morgan fingerprint density at radius 3 is 2.72 bits per heavy atom. The largest absolute Gasteiger partial charge is 0.335 e. The Morgan fingerprint density at radius 1 is 1.33 bits per heavy atom. The average Bonchev–Trinajstić information content (AvgIpc) is 2.93. The molecule has 6 nitrogen and oxygen atoms in total. The van der Waals surface area contributed by atoms with E-state index in [0.29, 0.717) is 5.69 Å². The first-order valence-electron chi connectivity index (χ1n) is 6.52. The summed E-state index contributed by atoms with van der Waals surface area (Å²) in [6.07, 6.45) is 3.83. The van der Waals surface area contributed by atoms with Gasteiger partial charge in [0.1, 0.15) is 5.69 Å². The molecule has 1 amide bonds. The first kappa shape index (κ1) is 13.0. The minimum Gasteiger partial charge on any atom is -0.335 e. The molecule has 1 aromatic rings. The number of hydrogen-bond acceptors (Lipinski definition) is 4. The molecule has 0 aromatic carbocycles. The van der Waals surface area contributed by atoms with Crippen molar-refractivity contribution in [3.8, 4) is 0 Å². The summed E-state index contributed by atoms with van der Waals surface area (Å²) in [4.78, 5) is 16.3. The molecule has 0 spiro atoms. The van der Waals surface area contributed by atoms with E-state index in [1.807, 2.05) is 4.90 Å². The number of rotatable bonds is 5. The molecule has 0 atom stereocenters. The van der Waals surface area contributed by atoms with Crippen molar-refractivity contribution in [2.75, 3.05) is 39.3 Å². The molecule has 18 heavy (non-hydrogen) atoms. The van der Waals surface area contributed by atoms with Crippen LogP contribution in [0.15, 0.2) is 12.3 Å². The Morgan fingerprint density at radius 2 is 2.11 bits per heavy atom. The average molecular weight is 251 g/mol. The summed E-state index contributed by atoms with van der Waals surface area (Å²) in [6, 6.07) is 1.72. The van der Waals surface area contributed by atoms with Crippen LogP contribution in [0.5, 0.6) is 0 Å². The molecular formula is C12H21N5O. The van der Waals surface area contributed by atoms with Gasteiger partial charge >= 0.3 is 0 Å². The highest BCUT2D eigenvalue weighted by Crippen LogP contribution is 2.07. The molecule has 0 saturated carbocycles. The van der Waals surface area contributed by atoms with Gasteiger partial charge in [0, 0.05) is 32.4 Å². The molecule has 3 N–H and O–H groups in total. The van der Waals surface area contributed by atoms with Crippen LogP contribution in [0.1, 0.15) is 23.3 Å². The number of aromatic nitrogens is 2. The second-order valence-corrected chi connectivity index (χ2v) is 4.60. The van der Waals surface area contributed by atoms with Gasteiger partial charge in [0.25, 0.3) is 5.91 Å². The van der Waals surface area contributed by atoms with Crippen molar-refractivity contribution in [2.24, 2.45) is 5.73 Å². The van der Waals surface area contributed by atoms with Crippen LogP contribution in [0.4, 0.5) is 0 Å². The minimum atomic E-state index is 0.0501. The van der Waals surface area contributed by atoms with E-state index in [1.54, 1.807) is 12.3 Å². The van der Waals surface area contributed by atoms with Crippen LogP contribution in [-0.4, -0.2) is 65.2 Å². The van der Waals surface area contributed by atoms with Crippen LogP contribution in [0, 0.1) is 0 Å². The van der Waals surface area contributed by atoms with Crippen LogP contribution < -0.4 is 5.73 Å². The van der Waals surface area contributed by atoms with E-state index in [0.717, 1.165) is 52.1 Å². The number of H-pyrrole nitrogens is 1. The third-order valence-corrected chi connectivity index (χ3v) is 3.32. The number of carbonyl (C=O) groups is 1. The first-order valence-corrected chi connectivity index (χ1v) is 6.52. The summed E-state index contributed by atoms with van der Waals surface area (Å²) in [7, 11) is 0. The maximum atomic E-state index is 12.0. The lowest BCUT2D eigenvalue weighted by Crippen LogP contribution is -2.48. The number of nitrogens with two attached hydrogens (primary N) is 1. The monoisotopic (exact) mass is 251 g/mol. The summed E-state index contributed by atoms with van der Waals surface area (Å²) in [5.74, 6) is 0.0501. The van der Waals surface area contributed by atoms with E-state index < -0.39 is 0 Å². The summed E-state index contributed by atoms with van der Waals surface area (Å²) >= 11 is 0. The first-order chi connectivity index (χ1) is 8.81. The number of carbonyl (C=O) groups excluding carboxylic acids is 1. The molecule has 1 aromatic heterocycles. The van der Waals surface area contributed by atoms with Crippen molar-refractivity contribution in [1.82, 2.24) is 20.0 Å². The van der Waals surface area contributed by atoms with Gasteiger partial charge in [-0.1, -0.05) is 0 Å². The normalized spacial score (nSPS) is 17.1. The molecule has 1 saturated heterocycles. The van der Waals surface area contributed by atoms with Crippen molar-refractivity contribution < 1.29 is 4.79 Å². The molecule has 2 heterocycles. The predicted octanol–water partition coefficient (Wildman–Crippen LogP) is -0.0936. The summed E-state index contributed by atoms with van der Waals surface area (Å²) < 4.78 is 0. The second-order valence-electron chi connectivity index (χ2n) is 4.60. The molecule has 2 rings (SSSR count). The van der Waals surface area contributed by atoms with Gasteiger partial charge in [-0.2, -0.15) is 5.10 Å². The van der Waals surface area contributed by atoms with Crippen LogP contribution >= 0.6 is 0 Å². The maximum Gasteiger partial charge on any atom is 0.271 e. The van der Waals surface area contributed by atoms with Crippen molar-refractivity contribution in [3.05, 3.63) is 18.0 Å². The molecular weight excluding hydrogens is 230 g/mol. The smallest absolute Gasteiger partial charge is 0.271 e. The van der Waals surface area contributed by atoms with Crippen LogP contribution in [-0.2, 0) is 0 Å². The van der Waals surface area contributed by atoms with E-state index in [2.05, 4.69) is 15.1 Å².